The third-order valence-electron chi connectivity index (χ3n) is 2.47. The largest absolute Gasteiger partial charge is 0.287 e. The number of allylic oxidation sites excluding steroid dienone is 1. The molecule has 0 N–H and O–H groups in total. The molecule has 0 bridgehead atoms. The van der Waals surface area contributed by atoms with Crippen LogP contribution in [0.25, 0.3) is 11.6 Å². The van der Waals surface area contributed by atoms with Gasteiger partial charge in [-0.15, -0.1) is 0 Å². The monoisotopic (exact) mass is 181 g/mol. The number of ketones is 1. The van der Waals surface area contributed by atoms with Crippen molar-refractivity contribution >= 4 is 23.1 Å². The van der Waals surface area contributed by atoms with Crippen molar-refractivity contribution in [2.24, 2.45) is 4.99 Å². The van der Waals surface area contributed by atoms with Gasteiger partial charge in [-0.1, -0.05) is 24.3 Å². The SMILES string of the molecule is O=C1C=c2ccccc2=C2C=CN=C12. The van der Waals surface area contributed by atoms with Gasteiger partial charge in [0, 0.05) is 11.8 Å². The quantitative estimate of drug-likeness (QED) is 0.561. The average Bonchev–Trinajstić information content (AvgIpc) is 2.67. The van der Waals surface area contributed by atoms with Crippen LogP contribution in [-0.2, 0) is 4.79 Å². The van der Waals surface area contributed by atoms with Crippen LogP contribution in [0.4, 0.5) is 0 Å². The van der Waals surface area contributed by atoms with E-state index in [-0.39, 0.29) is 5.78 Å². The number of benzene rings is 1. The Morgan fingerprint density at radius 2 is 2.00 bits per heavy atom. The molecule has 0 spiro atoms. The molecule has 0 amide bonds. The first-order chi connectivity index (χ1) is 6.86. The summed E-state index contributed by atoms with van der Waals surface area (Å²) in [5, 5.41) is 2.08. The van der Waals surface area contributed by atoms with E-state index in [2.05, 4.69) is 4.99 Å². The highest BCUT2D eigenvalue weighted by Crippen LogP contribution is 2.11. The van der Waals surface area contributed by atoms with E-state index in [4.69, 9.17) is 0 Å². The molecule has 0 radical (unpaired) electrons. The van der Waals surface area contributed by atoms with E-state index >= 15 is 0 Å². The fourth-order valence-corrected chi connectivity index (χ4v) is 1.83. The van der Waals surface area contributed by atoms with Gasteiger partial charge in [0.05, 0.1) is 0 Å². The van der Waals surface area contributed by atoms with Crippen LogP contribution in [0.1, 0.15) is 0 Å². The van der Waals surface area contributed by atoms with E-state index in [0.717, 1.165) is 16.0 Å². The second-order valence-corrected chi connectivity index (χ2v) is 3.30. The molecule has 3 rings (SSSR count). The predicted octanol–water partition coefficient (Wildman–Crippen LogP) is 0.169. The lowest BCUT2D eigenvalue weighted by atomic mass is 9.98. The van der Waals surface area contributed by atoms with Crippen molar-refractivity contribution in [1.82, 2.24) is 0 Å². The van der Waals surface area contributed by atoms with Crippen molar-refractivity contribution < 1.29 is 4.79 Å². The average molecular weight is 181 g/mol. The maximum atomic E-state index is 11.6. The van der Waals surface area contributed by atoms with Gasteiger partial charge in [-0.2, -0.15) is 0 Å². The summed E-state index contributed by atoms with van der Waals surface area (Å²) in [7, 11) is 0. The van der Waals surface area contributed by atoms with Crippen LogP contribution in [0.15, 0.2) is 41.5 Å². The molecular formula is C12H7NO. The first-order valence-corrected chi connectivity index (χ1v) is 4.46. The lowest BCUT2D eigenvalue weighted by Crippen LogP contribution is -2.35. The van der Waals surface area contributed by atoms with E-state index in [0.29, 0.717) is 5.71 Å². The third-order valence-corrected chi connectivity index (χ3v) is 2.47. The van der Waals surface area contributed by atoms with Crippen LogP contribution in [0.5, 0.6) is 0 Å². The molecule has 0 fully saturated rings. The third kappa shape index (κ3) is 0.852. The van der Waals surface area contributed by atoms with E-state index in [9.17, 15) is 4.79 Å². The number of Topliss-reactive ketones (excluding diaryl/α,β-unsaturated/α-hetero) is 1. The van der Waals surface area contributed by atoms with Gasteiger partial charge < -0.3 is 0 Å². The van der Waals surface area contributed by atoms with Gasteiger partial charge in [0.2, 0.25) is 5.78 Å². The summed E-state index contributed by atoms with van der Waals surface area (Å²) in [5.41, 5.74) is 1.52. The van der Waals surface area contributed by atoms with Crippen molar-refractivity contribution in [1.29, 1.82) is 0 Å². The highest BCUT2D eigenvalue weighted by atomic mass is 16.1. The highest BCUT2D eigenvalue weighted by Gasteiger charge is 2.19. The summed E-state index contributed by atoms with van der Waals surface area (Å²) < 4.78 is 0. The van der Waals surface area contributed by atoms with Crippen LogP contribution in [0, 0.1) is 0 Å². The summed E-state index contributed by atoms with van der Waals surface area (Å²) in [5.74, 6) is 0.00343. The van der Waals surface area contributed by atoms with Crippen LogP contribution >= 0.6 is 0 Å². The van der Waals surface area contributed by atoms with Crippen molar-refractivity contribution in [2.45, 2.75) is 0 Å². The zero-order chi connectivity index (χ0) is 9.54. The standard InChI is InChI=1S/C12H7NO/c14-11-7-8-3-1-2-4-9(8)10-5-6-13-12(10)11/h1-7H. The molecule has 66 valence electrons. The Morgan fingerprint density at radius 1 is 1.14 bits per heavy atom. The Hall–Kier alpha value is -1.96. The normalized spacial score (nSPS) is 17.3. The summed E-state index contributed by atoms with van der Waals surface area (Å²) in [4.78, 5) is 15.6. The Morgan fingerprint density at radius 3 is 2.93 bits per heavy atom. The number of hydrogen-bond acceptors (Lipinski definition) is 2. The molecule has 1 aliphatic carbocycles. The van der Waals surface area contributed by atoms with E-state index in [1.807, 2.05) is 30.3 Å². The summed E-state index contributed by atoms with van der Waals surface area (Å²) in [6.45, 7) is 0. The zero-order valence-electron chi connectivity index (χ0n) is 7.40. The van der Waals surface area contributed by atoms with Gasteiger partial charge in [-0.25, -0.2) is 0 Å². The first kappa shape index (κ1) is 7.44. The molecule has 0 unspecified atom stereocenters. The maximum absolute atomic E-state index is 11.6. The minimum Gasteiger partial charge on any atom is -0.287 e. The maximum Gasteiger partial charge on any atom is 0.205 e. The molecular weight excluding hydrogens is 174 g/mol. The number of carbonyl (C=O) groups excluding carboxylic acids is 1. The number of hydrogen-bond donors (Lipinski definition) is 0. The van der Waals surface area contributed by atoms with Crippen LogP contribution < -0.4 is 10.4 Å². The molecule has 1 heterocycles. The number of aliphatic imine (C=N–C) groups is 1. The molecule has 1 aromatic rings. The molecule has 0 aromatic heterocycles. The summed E-state index contributed by atoms with van der Waals surface area (Å²) in [6, 6.07) is 7.87. The summed E-state index contributed by atoms with van der Waals surface area (Å²) >= 11 is 0. The van der Waals surface area contributed by atoms with Gasteiger partial charge in [0.1, 0.15) is 5.71 Å². The molecule has 2 nitrogen and oxygen atoms in total. The van der Waals surface area contributed by atoms with Gasteiger partial charge in [0.15, 0.2) is 0 Å². The minimum atomic E-state index is 0.00343. The second kappa shape index (κ2) is 2.51. The van der Waals surface area contributed by atoms with E-state index in [1.54, 1.807) is 12.3 Å². The lowest BCUT2D eigenvalue weighted by molar-refractivity contribution is -0.107. The Balaban J connectivity index is 2.57. The Bertz CT molecular complexity index is 605. The number of rotatable bonds is 0. The molecule has 0 saturated carbocycles. The first-order valence-electron chi connectivity index (χ1n) is 4.46. The fourth-order valence-electron chi connectivity index (χ4n) is 1.83. The Labute approximate surface area is 80.6 Å². The smallest absolute Gasteiger partial charge is 0.205 e. The molecule has 1 aromatic carbocycles. The number of carbonyl (C=O) groups is 1. The van der Waals surface area contributed by atoms with Crippen LogP contribution in [-0.4, -0.2) is 11.5 Å². The molecule has 1 aliphatic heterocycles. The van der Waals surface area contributed by atoms with Crippen molar-refractivity contribution in [3.63, 3.8) is 0 Å². The van der Waals surface area contributed by atoms with E-state index < -0.39 is 0 Å². The molecule has 14 heavy (non-hydrogen) atoms. The van der Waals surface area contributed by atoms with Gasteiger partial charge in [-0.05, 0) is 22.6 Å². The highest BCUT2D eigenvalue weighted by molar-refractivity contribution is 6.64. The molecule has 2 heteroatoms. The molecule has 2 aliphatic rings. The summed E-state index contributed by atoms with van der Waals surface area (Å²) in [6.07, 6.45) is 5.21. The predicted molar refractivity (Wildman–Crippen MR) is 55.1 cm³/mol. The Kier molecular flexibility index (Phi) is 1.34. The number of fused-ring (bicyclic) bond motifs is 2. The van der Waals surface area contributed by atoms with Gasteiger partial charge in [-0.3, -0.25) is 9.79 Å². The minimum absolute atomic E-state index is 0.00343. The lowest BCUT2D eigenvalue weighted by Gasteiger charge is -2.04. The van der Waals surface area contributed by atoms with Crippen molar-refractivity contribution in [2.75, 3.05) is 0 Å². The van der Waals surface area contributed by atoms with Gasteiger partial charge in [0.25, 0.3) is 0 Å². The van der Waals surface area contributed by atoms with Crippen LogP contribution in [0.2, 0.25) is 0 Å². The second-order valence-electron chi connectivity index (χ2n) is 3.30. The molecule has 0 saturated heterocycles. The fraction of sp³-hybridized carbons (Fsp3) is 0. The van der Waals surface area contributed by atoms with E-state index in [1.165, 1.54) is 0 Å². The van der Waals surface area contributed by atoms with Gasteiger partial charge >= 0.3 is 0 Å². The topological polar surface area (TPSA) is 29.4 Å². The zero-order valence-corrected chi connectivity index (χ0v) is 7.40. The van der Waals surface area contributed by atoms with Crippen LogP contribution in [0.3, 0.4) is 0 Å². The number of nitrogens with zero attached hydrogens (tertiary/aromatic N) is 1. The molecule has 0 atom stereocenters. The van der Waals surface area contributed by atoms with Crippen molar-refractivity contribution in [3.8, 4) is 0 Å². The van der Waals surface area contributed by atoms with Crippen molar-refractivity contribution in [3.05, 3.63) is 47.0 Å².